The first-order valence-electron chi connectivity index (χ1n) is 9.69. The lowest BCUT2D eigenvalue weighted by atomic mass is 9.85. The van der Waals surface area contributed by atoms with Crippen LogP contribution in [0, 0.1) is 5.82 Å². The molecule has 0 atom stereocenters. The number of amides is 2. The van der Waals surface area contributed by atoms with E-state index in [2.05, 4.69) is 5.32 Å². The molecule has 2 amide bonds. The highest BCUT2D eigenvalue weighted by molar-refractivity contribution is 5.74. The van der Waals surface area contributed by atoms with Gasteiger partial charge in [0.05, 0.1) is 6.54 Å². The molecule has 156 valence electrons. The second-order valence-electron chi connectivity index (χ2n) is 7.58. The number of aliphatic carboxylic acids is 1. The smallest absolute Gasteiger partial charge is 0.317 e. The van der Waals surface area contributed by atoms with E-state index in [1.54, 1.807) is 11.0 Å². The topological polar surface area (TPSA) is 76.1 Å². The van der Waals surface area contributed by atoms with Gasteiger partial charge in [-0.2, -0.15) is 0 Å². The van der Waals surface area contributed by atoms with Crippen LogP contribution in [-0.2, 0) is 11.3 Å². The second kappa shape index (κ2) is 10.4. The Balaban J connectivity index is 1.91. The Kier molecular flexibility index (Phi) is 8.19. The van der Waals surface area contributed by atoms with Crippen LogP contribution in [0.2, 0.25) is 0 Å². The van der Waals surface area contributed by atoms with Crippen LogP contribution in [0.15, 0.2) is 24.3 Å². The minimum Gasteiger partial charge on any atom is -0.480 e. The van der Waals surface area contributed by atoms with E-state index in [4.69, 9.17) is 5.11 Å². The number of benzene rings is 1. The molecule has 1 aliphatic rings. The Morgan fingerprint density at radius 3 is 2.54 bits per heavy atom. The van der Waals surface area contributed by atoms with E-state index in [1.165, 1.54) is 12.1 Å². The maximum Gasteiger partial charge on any atom is 0.317 e. The molecule has 0 aliphatic heterocycles. The van der Waals surface area contributed by atoms with Gasteiger partial charge in [-0.15, -0.1) is 0 Å². The number of likely N-dealkylation sites (N-methyl/N-ethyl adjacent to an activating group) is 2. The van der Waals surface area contributed by atoms with Crippen molar-refractivity contribution in [1.29, 1.82) is 0 Å². The molecule has 0 saturated heterocycles. The van der Waals surface area contributed by atoms with Crippen molar-refractivity contribution in [1.82, 2.24) is 20.0 Å². The molecule has 1 aromatic carbocycles. The number of carboxylic acids is 1. The first-order chi connectivity index (χ1) is 13.3. The van der Waals surface area contributed by atoms with Gasteiger partial charge in [0.15, 0.2) is 0 Å². The summed E-state index contributed by atoms with van der Waals surface area (Å²) in [5.41, 5.74) is 0.749. The Morgan fingerprint density at radius 2 is 1.96 bits per heavy atom. The van der Waals surface area contributed by atoms with Gasteiger partial charge in [0.2, 0.25) is 0 Å². The third-order valence-electron chi connectivity index (χ3n) is 5.07. The average molecular weight is 394 g/mol. The number of hydrogen-bond acceptors (Lipinski definition) is 4. The fraction of sp³-hybridized carbons (Fsp3) is 0.600. The van der Waals surface area contributed by atoms with Crippen molar-refractivity contribution in [3.63, 3.8) is 0 Å². The Bertz CT molecular complexity index is 665. The summed E-state index contributed by atoms with van der Waals surface area (Å²) in [7, 11) is 3.88. The number of rotatable bonds is 10. The highest BCUT2D eigenvalue weighted by Gasteiger charge is 2.35. The Labute approximate surface area is 166 Å². The predicted molar refractivity (Wildman–Crippen MR) is 106 cm³/mol. The van der Waals surface area contributed by atoms with Crippen LogP contribution in [0.1, 0.15) is 25.3 Å². The van der Waals surface area contributed by atoms with Gasteiger partial charge >= 0.3 is 12.0 Å². The summed E-state index contributed by atoms with van der Waals surface area (Å²) in [5, 5.41) is 12.0. The largest absolute Gasteiger partial charge is 0.480 e. The molecule has 1 aliphatic carbocycles. The van der Waals surface area contributed by atoms with Gasteiger partial charge in [0.1, 0.15) is 5.82 Å². The van der Waals surface area contributed by atoms with Crippen LogP contribution in [0.5, 0.6) is 0 Å². The predicted octanol–water partition coefficient (Wildman–Crippen LogP) is 1.84. The Morgan fingerprint density at radius 1 is 1.25 bits per heavy atom. The summed E-state index contributed by atoms with van der Waals surface area (Å²) in [6, 6.07) is 6.34. The molecule has 1 saturated carbocycles. The zero-order valence-electron chi connectivity index (χ0n) is 16.9. The van der Waals surface area contributed by atoms with E-state index >= 15 is 0 Å². The molecule has 0 aromatic heterocycles. The fourth-order valence-corrected chi connectivity index (χ4v) is 3.37. The molecule has 0 bridgehead atoms. The molecule has 7 nitrogen and oxygen atoms in total. The number of nitrogens with one attached hydrogen (secondary N) is 1. The summed E-state index contributed by atoms with van der Waals surface area (Å²) < 4.78 is 13.5. The van der Waals surface area contributed by atoms with Crippen LogP contribution < -0.4 is 5.32 Å². The van der Waals surface area contributed by atoms with Gasteiger partial charge < -0.3 is 20.2 Å². The number of urea groups is 1. The number of carbonyl (C=O) groups excluding carboxylic acids is 1. The maximum atomic E-state index is 13.5. The third kappa shape index (κ3) is 6.76. The van der Waals surface area contributed by atoms with E-state index in [0.717, 1.165) is 18.4 Å². The van der Waals surface area contributed by atoms with Gasteiger partial charge in [0.25, 0.3) is 0 Å². The van der Waals surface area contributed by atoms with Crippen LogP contribution in [0.3, 0.4) is 0 Å². The van der Waals surface area contributed by atoms with Gasteiger partial charge in [-0.3, -0.25) is 9.69 Å². The molecule has 2 N–H and O–H groups in total. The van der Waals surface area contributed by atoms with Gasteiger partial charge in [0, 0.05) is 31.7 Å². The van der Waals surface area contributed by atoms with Crippen molar-refractivity contribution in [2.24, 2.45) is 0 Å². The third-order valence-corrected chi connectivity index (χ3v) is 5.07. The monoisotopic (exact) mass is 394 g/mol. The highest BCUT2D eigenvalue weighted by atomic mass is 19.1. The molecule has 1 aromatic rings. The second-order valence-corrected chi connectivity index (χ2v) is 7.58. The number of carbonyl (C=O) groups is 2. The lowest BCUT2D eigenvalue weighted by Crippen LogP contribution is -2.57. The van der Waals surface area contributed by atoms with Crippen molar-refractivity contribution in [3.8, 4) is 0 Å². The number of hydrogen-bond donors (Lipinski definition) is 2. The molecule has 0 heterocycles. The van der Waals surface area contributed by atoms with Crippen molar-refractivity contribution in [2.75, 3.05) is 40.3 Å². The summed E-state index contributed by atoms with van der Waals surface area (Å²) in [6.45, 7) is 4.22. The zero-order chi connectivity index (χ0) is 20.7. The first-order valence-corrected chi connectivity index (χ1v) is 9.69. The summed E-state index contributed by atoms with van der Waals surface area (Å²) in [5.74, 6) is -1.15. The first kappa shape index (κ1) is 22.1. The molecule has 8 heteroatoms. The van der Waals surface area contributed by atoms with E-state index < -0.39 is 5.97 Å². The molecule has 0 spiro atoms. The van der Waals surface area contributed by atoms with E-state index in [-0.39, 0.29) is 30.5 Å². The fourth-order valence-electron chi connectivity index (χ4n) is 3.37. The summed E-state index contributed by atoms with van der Waals surface area (Å²) in [4.78, 5) is 29.3. The van der Waals surface area contributed by atoms with E-state index in [0.29, 0.717) is 26.2 Å². The molecule has 0 radical (unpaired) electrons. The quantitative estimate of drug-likeness (QED) is 0.633. The number of halogens is 1. The van der Waals surface area contributed by atoms with Crippen LogP contribution in [0.4, 0.5) is 9.18 Å². The van der Waals surface area contributed by atoms with Gasteiger partial charge in [-0.05, 0) is 51.2 Å². The molecule has 2 rings (SSSR count). The number of nitrogens with zero attached hydrogens (tertiary/aromatic N) is 3. The minimum absolute atomic E-state index is 0.0242. The molecule has 0 unspecified atom stereocenters. The maximum absolute atomic E-state index is 13.5. The standard InChI is InChI=1S/C20H31FN4O3/c1-4-24(14-19(26)27)18-11-17(12-18)22-20(28)25(9-8-23(2)3)13-15-6-5-7-16(21)10-15/h5-7,10,17-18H,4,8-9,11-14H2,1-3H3,(H,22,28)(H,26,27). The highest BCUT2D eigenvalue weighted by Crippen LogP contribution is 2.25. The number of carboxylic acid groups (broad SMARTS) is 1. The van der Waals surface area contributed by atoms with Crippen molar-refractivity contribution in [3.05, 3.63) is 35.6 Å². The normalized spacial score (nSPS) is 18.8. The lowest BCUT2D eigenvalue weighted by molar-refractivity contribution is -0.139. The average Bonchev–Trinajstić information content (AvgIpc) is 2.59. The van der Waals surface area contributed by atoms with Crippen LogP contribution >= 0.6 is 0 Å². The Hall–Kier alpha value is -2.19. The SMILES string of the molecule is CCN(CC(=O)O)C1CC(NC(=O)N(CCN(C)C)Cc2cccc(F)c2)C1. The van der Waals surface area contributed by atoms with Crippen molar-refractivity contribution >= 4 is 12.0 Å². The molecule has 28 heavy (non-hydrogen) atoms. The van der Waals surface area contributed by atoms with Gasteiger partial charge in [-0.1, -0.05) is 19.1 Å². The summed E-state index contributed by atoms with van der Waals surface area (Å²) >= 11 is 0. The zero-order valence-corrected chi connectivity index (χ0v) is 16.9. The van der Waals surface area contributed by atoms with Crippen LogP contribution in [-0.4, -0.2) is 84.2 Å². The van der Waals surface area contributed by atoms with Crippen molar-refractivity contribution in [2.45, 2.75) is 38.4 Å². The molecular formula is C20H31FN4O3. The van der Waals surface area contributed by atoms with E-state index in [9.17, 15) is 14.0 Å². The molecule has 1 fully saturated rings. The molecular weight excluding hydrogens is 363 g/mol. The lowest BCUT2D eigenvalue weighted by Gasteiger charge is -2.42. The van der Waals surface area contributed by atoms with Crippen LogP contribution in [0.25, 0.3) is 0 Å². The van der Waals surface area contributed by atoms with Gasteiger partial charge in [-0.25, -0.2) is 9.18 Å². The van der Waals surface area contributed by atoms with E-state index in [1.807, 2.05) is 36.9 Å². The van der Waals surface area contributed by atoms with Crippen molar-refractivity contribution < 1.29 is 19.1 Å². The summed E-state index contributed by atoms with van der Waals surface area (Å²) in [6.07, 6.45) is 1.49. The minimum atomic E-state index is -0.834.